The molecule has 0 saturated carbocycles. The summed E-state index contributed by atoms with van der Waals surface area (Å²) < 4.78 is 6.40. The Labute approximate surface area is 156 Å². The summed E-state index contributed by atoms with van der Waals surface area (Å²) in [6, 6.07) is 10.2. The molecule has 1 unspecified atom stereocenters. The monoisotopic (exact) mass is 374 g/mol. The van der Waals surface area contributed by atoms with Crippen LogP contribution in [0.3, 0.4) is 0 Å². The summed E-state index contributed by atoms with van der Waals surface area (Å²) in [6.45, 7) is 3.39. The van der Waals surface area contributed by atoms with Gasteiger partial charge < -0.3 is 15.0 Å². The molecule has 3 saturated heterocycles. The molecule has 1 amide bonds. The molecule has 3 fully saturated rings. The van der Waals surface area contributed by atoms with E-state index in [0.717, 1.165) is 22.8 Å². The molecule has 1 aromatic carbocycles. The first-order chi connectivity index (χ1) is 12.2. The molecule has 0 aliphatic carbocycles. The average Bonchev–Trinajstić information content (AvgIpc) is 3.11. The van der Waals surface area contributed by atoms with Crippen molar-refractivity contribution in [3.8, 4) is 5.75 Å². The van der Waals surface area contributed by atoms with Crippen molar-refractivity contribution >= 4 is 29.0 Å². The van der Waals surface area contributed by atoms with E-state index in [-0.39, 0.29) is 5.91 Å². The van der Waals surface area contributed by atoms with Gasteiger partial charge in [-0.2, -0.15) is 0 Å². The second-order valence-corrected chi connectivity index (χ2v) is 8.94. The lowest BCUT2D eigenvalue weighted by Crippen LogP contribution is -2.57. The fourth-order valence-corrected chi connectivity index (χ4v) is 5.52. The van der Waals surface area contributed by atoms with Gasteiger partial charge in [0.15, 0.2) is 0 Å². The van der Waals surface area contributed by atoms with Crippen molar-refractivity contribution in [2.45, 2.75) is 28.0 Å². The number of hydrogen-bond donors (Lipinski definition) is 1. The van der Waals surface area contributed by atoms with E-state index in [4.69, 9.17) is 4.74 Å². The van der Waals surface area contributed by atoms with Crippen LogP contribution in [0.1, 0.15) is 23.2 Å². The van der Waals surface area contributed by atoms with Crippen LogP contribution < -0.4 is 10.1 Å². The number of nitrogens with zero attached hydrogens (tertiary/aromatic N) is 1. The first-order valence-electron chi connectivity index (χ1n) is 8.65. The predicted octanol–water partition coefficient (Wildman–Crippen LogP) is 3.73. The van der Waals surface area contributed by atoms with Crippen molar-refractivity contribution in [3.05, 3.63) is 41.3 Å². The molecule has 4 nitrogen and oxygen atoms in total. The van der Waals surface area contributed by atoms with E-state index in [0.29, 0.717) is 12.0 Å². The third-order valence-electron chi connectivity index (χ3n) is 5.09. The summed E-state index contributed by atoms with van der Waals surface area (Å²) in [5, 5.41) is 5.24. The van der Waals surface area contributed by atoms with Crippen LogP contribution in [0.25, 0.3) is 0 Å². The van der Waals surface area contributed by atoms with Crippen LogP contribution in [0, 0.1) is 5.92 Å². The smallest absolute Gasteiger partial charge is 0.251 e. The molecule has 0 radical (unpaired) electrons. The molecule has 3 aliphatic rings. The molecule has 6 heteroatoms. The van der Waals surface area contributed by atoms with E-state index in [9.17, 15) is 4.79 Å². The molecule has 4 heterocycles. The molecule has 1 N–H and O–H groups in total. The Morgan fingerprint density at radius 1 is 1.28 bits per heavy atom. The van der Waals surface area contributed by atoms with Crippen LogP contribution in [-0.4, -0.2) is 43.6 Å². The Balaban J connectivity index is 1.37. The van der Waals surface area contributed by atoms with Gasteiger partial charge >= 0.3 is 0 Å². The largest absolute Gasteiger partial charge is 0.496 e. The number of ether oxygens (including phenoxy) is 1. The zero-order valence-corrected chi connectivity index (χ0v) is 15.9. The molecule has 2 aromatic rings. The third-order valence-corrected chi connectivity index (χ3v) is 7.16. The predicted molar refractivity (Wildman–Crippen MR) is 102 cm³/mol. The first-order valence-corrected chi connectivity index (χ1v) is 10.3. The minimum Gasteiger partial charge on any atom is -0.496 e. The number of amides is 1. The van der Waals surface area contributed by atoms with Crippen molar-refractivity contribution < 1.29 is 9.53 Å². The van der Waals surface area contributed by atoms with Crippen molar-refractivity contribution in [2.75, 3.05) is 26.7 Å². The van der Waals surface area contributed by atoms with Crippen molar-refractivity contribution in [1.29, 1.82) is 0 Å². The van der Waals surface area contributed by atoms with Crippen LogP contribution in [0.4, 0.5) is 0 Å². The number of carbonyl (C=O) groups is 1. The summed E-state index contributed by atoms with van der Waals surface area (Å²) in [6.07, 6.45) is 2.43. The molecular formula is C19H22N2O2S2. The van der Waals surface area contributed by atoms with Gasteiger partial charge in [0.1, 0.15) is 5.75 Å². The number of benzene rings is 1. The Bertz CT molecular complexity index is 736. The maximum atomic E-state index is 12.6. The highest BCUT2D eigenvalue weighted by atomic mass is 32.2. The van der Waals surface area contributed by atoms with Gasteiger partial charge in [0.25, 0.3) is 5.91 Å². The van der Waals surface area contributed by atoms with Gasteiger partial charge in [-0.1, -0.05) is 11.8 Å². The van der Waals surface area contributed by atoms with E-state index in [1.54, 1.807) is 30.2 Å². The van der Waals surface area contributed by atoms with Gasteiger partial charge in [-0.15, -0.1) is 11.3 Å². The number of rotatable bonds is 5. The fraction of sp³-hybridized carbons (Fsp3) is 0.421. The number of nitrogens with one attached hydrogen (secondary N) is 1. The number of fused-ring (bicyclic) bond motifs is 3. The zero-order valence-electron chi connectivity index (χ0n) is 14.2. The normalized spacial score (nSPS) is 24.9. The third kappa shape index (κ3) is 3.86. The Morgan fingerprint density at radius 3 is 2.64 bits per heavy atom. The summed E-state index contributed by atoms with van der Waals surface area (Å²) in [4.78, 5) is 16.1. The second-order valence-electron chi connectivity index (χ2n) is 6.65. The van der Waals surface area contributed by atoms with Gasteiger partial charge in [0, 0.05) is 34.5 Å². The molecule has 25 heavy (non-hydrogen) atoms. The molecule has 5 rings (SSSR count). The topological polar surface area (TPSA) is 41.6 Å². The van der Waals surface area contributed by atoms with E-state index in [1.807, 2.05) is 35.7 Å². The SMILES string of the molecule is COc1csc(Sc2ccc(C(=O)NC3CN4CCC3CC4)cc2)c1. The van der Waals surface area contributed by atoms with Crippen molar-refractivity contribution in [2.24, 2.45) is 5.92 Å². The highest BCUT2D eigenvalue weighted by Gasteiger charge is 2.34. The van der Waals surface area contributed by atoms with Crippen molar-refractivity contribution in [1.82, 2.24) is 10.2 Å². The quantitative estimate of drug-likeness (QED) is 0.866. The molecule has 132 valence electrons. The standard InChI is InChI=1S/C19H22N2O2S2/c1-23-15-10-18(24-12-15)25-16-4-2-14(3-5-16)19(22)20-17-11-21-8-6-13(17)7-9-21/h2-5,10,12-13,17H,6-9,11H2,1H3,(H,20,22). The molecular weight excluding hydrogens is 352 g/mol. The second kappa shape index (κ2) is 7.40. The maximum Gasteiger partial charge on any atom is 0.251 e. The highest BCUT2D eigenvalue weighted by molar-refractivity contribution is 8.01. The number of carbonyl (C=O) groups excluding carboxylic acids is 1. The lowest BCUT2D eigenvalue weighted by atomic mass is 9.84. The zero-order chi connectivity index (χ0) is 17.2. The number of thiophene rings is 1. The Kier molecular flexibility index (Phi) is 5.01. The summed E-state index contributed by atoms with van der Waals surface area (Å²) in [7, 11) is 1.68. The van der Waals surface area contributed by atoms with E-state index < -0.39 is 0 Å². The minimum atomic E-state index is 0.0492. The highest BCUT2D eigenvalue weighted by Crippen LogP contribution is 2.35. The first kappa shape index (κ1) is 16.9. The average molecular weight is 375 g/mol. The Hall–Kier alpha value is -1.50. The van der Waals surface area contributed by atoms with E-state index >= 15 is 0 Å². The van der Waals surface area contributed by atoms with E-state index in [2.05, 4.69) is 10.2 Å². The summed E-state index contributed by atoms with van der Waals surface area (Å²) >= 11 is 3.35. The molecule has 2 bridgehead atoms. The lowest BCUT2D eigenvalue weighted by molar-refractivity contribution is 0.0620. The maximum absolute atomic E-state index is 12.6. The van der Waals surface area contributed by atoms with Gasteiger partial charge in [-0.3, -0.25) is 4.79 Å². The number of piperidine rings is 3. The van der Waals surface area contributed by atoms with Crippen LogP contribution >= 0.6 is 23.1 Å². The van der Waals surface area contributed by atoms with Crippen LogP contribution in [0.15, 0.2) is 44.8 Å². The molecule has 3 aliphatic heterocycles. The minimum absolute atomic E-state index is 0.0492. The van der Waals surface area contributed by atoms with Crippen LogP contribution in [0.5, 0.6) is 5.75 Å². The van der Waals surface area contributed by atoms with Crippen molar-refractivity contribution in [3.63, 3.8) is 0 Å². The molecule has 0 spiro atoms. The van der Waals surface area contributed by atoms with Gasteiger partial charge in [-0.05, 0) is 56.1 Å². The lowest BCUT2D eigenvalue weighted by Gasteiger charge is -2.44. The number of methoxy groups -OCH3 is 1. The summed E-state index contributed by atoms with van der Waals surface area (Å²) in [5.41, 5.74) is 0.740. The Morgan fingerprint density at radius 2 is 2.04 bits per heavy atom. The number of hydrogen-bond acceptors (Lipinski definition) is 5. The molecule has 1 atom stereocenters. The fourth-order valence-electron chi connectivity index (χ4n) is 3.63. The summed E-state index contributed by atoms with van der Waals surface area (Å²) in [5.74, 6) is 1.59. The van der Waals surface area contributed by atoms with Gasteiger partial charge in [0.2, 0.25) is 0 Å². The van der Waals surface area contributed by atoms with Gasteiger partial charge in [-0.25, -0.2) is 0 Å². The van der Waals surface area contributed by atoms with Crippen LogP contribution in [0.2, 0.25) is 0 Å². The van der Waals surface area contributed by atoms with Gasteiger partial charge in [0.05, 0.1) is 11.3 Å². The van der Waals surface area contributed by atoms with E-state index in [1.165, 1.54) is 30.1 Å². The molecule has 1 aromatic heterocycles. The van der Waals surface area contributed by atoms with Crippen LogP contribution in [-0.2, 0) is 0 Å².